The topological polar surface area (TPSA) is 106 Å². The van der Waals surface area contributed by atoms with Crippen LogP contribution in [0.4, 0.5) is 17.5 Å². The number of hydrogen-bond donors (Lipinski definition) is 3. The van der Waals surface area contributed by atoms with E-state index in [1.54, 1.807) is 25.1 Å². The van der Waals surface area contributed by atoms with Gasteiger partial charge in [-0.2, -0.15) is 15.1 Å². The van der Waals surface area contributed by atoms with Gasteiger partial charge in [0, 0.05) is 32.0 Å². The second-order valence-electron chi connectivity index (χ2n) is 5.60. The summed E-state index contributed by atoms with van der Waals surface area (Å²) in [5.41, 5.74) is 1.47. The third kappa shape index (κ3) is 3.62. The van der Waals surface area contributed by atoms with Gasteiger partial charge in [-0.1, -0.05) is 0 Å². The Labute approximate surface area is 151 Å². The third-order valence-corrected chi connectivity index (χ3v) is 3.86. The van der Waals surface area contributed by atoms with E-state index in [1.165, 1.54) is 0 Å². The van der Waals surface area contributed by atoms with Crippen molar-refractivity contribution in [3.63, 3.8) is 0 Å². The molecule has 9 heteroatoms. The van der Waals surface area contributed by atoms with E-state index in [0.717, 1.165) is 11.1 Å². The number of benzene rings is 1. The van der Waals surface area contributed by atoms with Crippen molar-refractivity contribution in [1.82, 2.24) is 19.7 Å². The number of nitrogens with zero attached hydrogens (tertiary/aromatic N) is 4. The summed E-state index contributed by atoms with van der Waals surface area (Å²) >= 11 is 0. The van der Waals surface area contributed by atoms with Crippen molar-refractivity contribution in [2.75, 3.05) is 38.0 Å². The molecule has 0 fully saturated rings. The number of anilines is 3. The summed E-state index contributed by atoms with van der Waals surface area (Å²) < 4.78 is 12.3. The number of aliphatic hydroxyl groups excluding tert-OH is 1. The fourth-order valence-corrected chi connectivity index (χ4v) is 2.54. The standard InChI is InChI=1S/C17H22N6O3/c1-23-16-12(10-19-23)15(18-7-4-8-24)21-17(22-16)20-11-5-6-13(25-2)14(9-11)26-3/h5-6,9-10,24H,4,7-8H2,1-3H3,(H2,18,20,21,22). The van der Waals surface area contributed by atoms with Gasteiger partial charge in [-0.25, -0.2) is 0 Å². The number of aliphatic hydroxyl groups is 1. The number of aromatic nitrogens is 4. The Morgan fingerprint density at radius 2 is 1.96 bits per heavy atom. The molecule has 0 aliphatic heterocycles. The highest BCUT2D eigenvalue weighted by Gasteiger charge is 2.12. The molecular weight excluding hydrogens is 336 g/mol. The molecule has 2 aromatic heterocycles. The monoisotopic (exact) mass is 358 g/mol. The predicted molar refractivity (Wildman–Crippen MR) is 99.3 cm³/mol. The first-order chi connectivity index (χ1) is 12.7. The smallest absolute Gasteiger partial charge is 0.231 e. The van der Waals surface area contributed by atoms with Crippen LogP contribution in [0.15, 0.2) is 24.4 Å². The minimum atomic E-state index is 0.116. The molecule has 26 heavy (non-hydrogen) atoms. The molecular formula is C17H22N6O3. The normalized spacial score (nSPS) is 10.8. The average Bonchev–Trinajstić information content (AvgIpc) is 3.03. The Hall–Kier alpha value is -3.07. The molecule has 2 heterocycles. The van der Waals surface area contributed by atoms with Crippen LogP contribution in [0.2, 0.25) is 0 Å². The molecule has 1 aromatic carbocycles. The Kier molecular flexibility index (Phi) is 5.37. The lowest BCUT2D eigenvalue weighted by molar-refractivity contribution is 0.292. The van der Waals surface area contributed by atoms with Gasteiger partial charge in [0.05, 0.1) is 25.8 Å². The van der Waals surface area contributed by atoms with Crippen LogP contribution in [-0.2, 0) is 7.05 Å². The largest absolute Gasteiger partial charge is 0.493 e. The minimum Gasteiger partial charge on any atom is -0.493 e. The van der Waals surface area contributed by atoms with Gasteiger partial charge in [-0.15, -0.1) is 0 Å². The molecule has 0 radical (unpaired) electrons. The van der Waals surface area contributed by atoms with E-state index >= 15 is 0 Å². The fraction of sp³-hybridized carbons (Fsp3) is 0.353. The minimum absolute atomic E-state index is 0.116. The molecule has 138 valence electrons. The second kappa shape index (κ2) is 7.87. The lowest BCUT2D eigenvalue weighted by atomic mass is 10.2. The zero-order valence-corrected chi connectivity index (χ0v) is 15.0. The lowest BCUT2D eigenvalue weighted by Gasteiger charge is -2.12. The molecule has 0 amide bonds. The SMILES string of the molecule is COc1ccc(Nc2nc(NCCCO)c3cnn(C)c3n2)cc1OC. The van der Waals surface area contributed by atoms with E-state index < -0.39 is 0 Å². The predicted octanol–water partition coefficient (Wildman–Crippen LogP) is 1.92. The zero-order chi connectivity index (χ0) is 18.5. The summed E-state index contributed by atoms with van der Waals surface area (Å²) in [7, 11) is 5.00. The van der Waals surface area contributed by atoms with Crippen LogP contribution in [0.3, 0.4) is 0 Å². The highest BCUT2D eigenvalue weighted by molar-refractivity contribution is 5.87. The molecule has 3 N–H and O–H groups in total. The van der Waals surface area contributed by atoms with Crippen LogP contribution in [0.1, 0.15) is 6.42 Å². The summed E-state index contributed by atoms with van der Waals surface area (Å²) in [5, 5.41) is 20.4. The van der Waals surface area contributed by atoms with Gasteiger partial charge in [0.1, 0.15) is 5.82 Å². The van der Waals surface area contributed by atoms with Crippen molar-refractivity contribution in [3.8, 4) is 11.5 Å². The number of fused-ring (bicyclic) bond motifs is 1. The molecule has 0 saturated carbocycles. The molecule has 9 nitrogen and oxygen atoms in total. The van der Waals surface area contributed by atoms with Crippen molar-refractivity contribution < 1.29 is 14.6 Å². The number of methoxy groups -OCH3 is 2. The zero-order valence-electron chi connectivity index (χ0n) is 15.0. The van der Waals surface area contributed by atoms with E-state index in [4.69, 9.17) is 14.6 Å². The van der Waals surface area contributed by atoms with Crippen LogP contribution >= 0.6 is 0 Å². The Morgan fingerprint density at radius 1 is 1.15 bits per heavy atom. The van der Waals surface area contributed by atoms with E-state index in [2.05, 4.69) is 25.7 Å². The summed E-state index contributed by atoms with van der Waals surface area (Å²) in [6.45, 7) is 0.721. The van der Waals surface area contributed by atoms with Gasteiger partial charge < -0.3 is 25.2 Å². The number of ether oxygens (including phenoxy) is 2. The van der Waals surface area contributed by atoms with Gasteiger partial charge in [-0.05, 0) is 18.6 Å². The maximum atomic E-state index is 8.98. The lowest BCUT2D eigenvalue weighted by Crippen LogP contribution is -2.08. The van der Waals surface area contributed by atoms with Crippen molar-refractivity contribution in [2.45, 2.75) is 6.42 Å². The maximum absolute atomic E-state index is 8.98. The van der Waals surface area contributed by atoms with Crippen LogP contribution in [0, 0.1) is 0 Å². The summed E-state index contributed by atoms with van der Waals surface area (Å²) in [4.78, 5) is 9.07. The Bertz CT molecular complexity index is 896. The van der Waals surface area contributed by atoms with Crippen LogP contribution in [-0.4, -0.2) is 52.2 Å². The van der Waals surface area contributed by atoms with Crippen molar-refractivity contribution in [1.29, 1.82) is 0 Å². The molecule has 0 aliphatic rings. The quantitative estimate of drug-likeness (QED) is 0.524. The first-order valence-corrected chi connectivity index (χ1v) is 8.19. The van der Waals surface area contributed by atoms with Crippen molar-refractivity contribution in [3.05, 3.63) is 24.4 Å². The van der Waals surface area contributed by atoms with Crippen LogP contribution in [0.5, 0.6) is 11.5 Å². The van der Waals surface area contributed by atoms with E-state index in [0.29, 0.717) is 41.9 Å². The van der Waals surface area contributed by atoms with Crippen molar-refractivity contribution >= 4 is 28.5 Å². The van der Waals surface area contributed by atoms with E-state index in [-0.39, 0.29) is 6.61 Å². The molecule has 0 spiro atoms. The molecule has 0 atom stereocenters. The summed E-state index contributed by atoms with van der Waals surface area (Å²) in [5.74, 6) is 2.35. The first-order valence-electron chi connectivity index (χ1n) is 8.19. The second-order valence-corrected chi connectivity index (χ2v) is 5.60. The number of rotatable bonds is 8. The molecule has 0 saturated heterocycles. The highest BCUT2D eigenvalue weighted by atomic mass is 16.5. The molecule has 3 rings (SSSR count). The maximum Gasteiger partial charge on any atom is 0.231 e. The Morgan fingerprint density at radius 3 is 2.69 bits per heavy atom. The number of nitrogens with one attached hydrogen (secondary N) is 2. The fourth-order valence-electron chi connectivity index (χ4n) is 2.54. The molecule has 3 aromatic rings. The average molecular weight is 358 g/mol. The van der Waals surface area contributed by atoms with Gasteiger partial charge >= 0.3 is 0 Å². The van der Waals surface area contributed by atoms with Crippen LogP contribution in [0.25, 0.3) is 11.0 Å². The molecule has 0 unspecified atom stereocenters. The van der Waals surface area contributed by atoms with Crippen molar-refractivity contribution in [2.24, 2.45) is 7.05 Å². The number of hydrogen-bond acceptors (Lipinski definition) is 8. The summed E-state index contributed by atoms with van der Waals surface area (Å²) in [6, 6.07) is 5.48. The first kappa shape index (κ1) is 17.7. The van der Waals surface area contributed by atoms with Gasteiger partial charge in [0.2, 0.25) is 5.95 Å². The van der Waals surface area contributed by atoms with E-state index in [9.17, 15) is 0 Å². The van der Waals surface area contributed by atoms with Gasteiger partial charge in [-0.3, -0.25) is 4.68 Å². The highest BCUT2D eigenvalue weighted by Crippen LogP contribution is 2.31. The van der Waals surface area contributed by atoms with Gasteiger partial charge in [0.15, 0.2) is 17.1 Å². The van der Waals surface area contributed by atoms with Crippen LogP contribution < -0.4 is 20.1 Å². The molecule has 0 aliphatic carbocycles. The molecule has 0 bridgehead atoms. The van der Waals surface area contributed by atoms with Gasteiger partial charge in [0.25, 0.3) is 0 Å². The Balaban J connectivity index is 1.93. The summed E-state index contributed by atoms with van der Waals surface area (Å²) in [6.07, 6.45) is 2.35. The third-order valence-electron chi connectivity index (χ3n) is 3.86. The number of aryl methyl sites for hydroxylation is 1. The van der Waals surface area contributed by atoms with E-state index in [1.807, 2.05) is 25.2 Å².